The molecule has 90 valence electrons. The van der Waals surface area contributed by atoms with Crippen molar-refractivity contribution in [2.45, 2.75) is 19.9 Å². The third kappa shape index (κ3) is 2.17. The fourth-order valence-corrected chi connectivity index (χ4v) is 1.92. The van der Waals surface area contributed by atoms with Crippen molar-refractivity contribution in [3.63, 3.8) is 0 Å². The molecule has 2 aromatic rings. The second kappa shape index (κ2) is 4.59. The van der Waals surface area contributed by atoms with Gasteiger partial charge in [-0.2, -0.15) is 5.10 Å². The van der Waals surface area contributed by atoms with Gasteiger partial charge in [-0.05, 0) is 32.0 Å². The zero-order valence-electron chi connectivity index (χ0n) is 10.3. The molecule has 1 heterocycles. The number of benzene rings is 1. The minimum Gasteiger partial charge on any atom is -0.496 e. The van der Waals surface area contributed by atoms with Crippen LogP contribution in [-0.4, -0.2) is 16.9 Å². The first-order valence-electron chi connectivity index (χ1n) is 5.58. The van der Waals surface area contributed by atoms with Crippen LogP contribution in [0, 0.1) is 6.92 Å². The molecule has 0 aliphatic rings. The topological polar surface area (TPSA) is 53.1 Å². The molecule has 0 aliphatic carbocycles. The fourth-order valence-electron chi connectivity index (χ4n) is 1.92. The summed E-state index contributed by atoms with van der Waals surface area (Å²) in [6.45, 7) is 3.90. The van der Waals surface area contributed by atoms with E-state index in [0.29, 0.717) is 0 Å². The summed E-state index contributed by atoms with van der Waals surface area (Å²) >= 11 is 0. The van der Waals surface area contributed by atoms with E-state index in [0.717, 1.165) is 22.7 Å². The largest absolute Gasteiger partial charge is 0.496 e. The second-order valence-corrected chi connectivity index (χ2v) is 4.08. The van der Waals surface area contributed by atoms with Crippen LogP contribution in [0.15, 0.2) is 30.5 Å². The van der Waals surface area contributed by atoms with Crippen molar-refractivity contribution in [1.29, 1.82) is 0 Å². The number of methoxy groups -OCH3 is 1. The van der Waals surface area contributed by atoms with E-state index in [1.165, 1.54) is 0 Å². The smallest absolute Gasteiger partial charge is 0.125 e. The highest BCUT2D eigenvalue weighted by Crippen LogP contribution is 2.29. The van der Waals surface area contributed by atoms with E-state index in [9.17, 15) is 0 Å². The average Bonchev–Trinajstić information content (AvgIpc) is 2.74. The van der Waals surface area contributed by atoms with Gasteiger partial charge in [0.2, 0.25) is 0 Å². The molecular weight excluding hydrogens is 214 g/mol. The maximum absolute atomic E-state index is 6.01. The molecule has 0 amide bonds. The van der Waals surface area contributed by atoms with E-state index in [2.05, 4.69) is 5.10 Å². The van der Waals surface area contributed by atoms with Gasteiger partial charge in [-0.1, -0.05) is 6.07 Å². The lowest BCUT2D eigenvalue weighted by Gasteiger charge is -2.16. The van der Waals surface area contributed by atoms with E-state index in [1.54, 1.807) is 7.11 Å². The molecule has 0 radical (unpaired) electrons. The fraction of sp³-hybridized carbons (Fsp3) is 0.308. The van der Waals surface area contributed by atoms with Crippen LogP contribution < -0.4 is 10.5 Å². The molecule has 1 aromatic heterocycles. The van der Waals surface area contributed by atoms with Gasteiger partial charge in [0.05, 0.1) is 18.5 Å². The van der Waals surface area contributed by atoms with Crippen LogP contribution in [0.3, 0.4) is 0 Å². The summed E-state index contributed by atoms with van der Waals surface area (Å²) in [4.78, 5) is 0. The van der Waals surface area contributed by atoms with E-state index >= 15 is 0 Å². The molecule has 0 saturated carbocycles. The Kier molecular flexibility index (Phi) is 3.15. The van der Waals surface area contributed by atoms with Gasteiger partial charge in [0.1, 0.15) is 5.75 Å². The van der Waals surface area contributed by atoms with Gasteiger partial charge in [0.15, 0.2) is 0 Å². The molecule has 0 spiro atoms. The predicted molar refractivity (Wildman–Crippen MR) is 67.5 cm³/mol. The van der Waals surface area contributed by atoms with Crippen LogP contribution in [-0.2, 0) is 0 Å². The quantitative estimate of drug-likeness (QED) is 0.881. The standard InChI is InChI=1S/C13H17N3O/c1-9-7-8-16(15-9)11-5-4-6-12(17-3)13(11)10(2)14/h4-8,10H,14H2,1-3H3/t10-/m0/s1. The molecule has 1 atom stereocenters. The molecule has 4 nitrogen and oxygen atoms in total. The molecule has 1 aromatic carbocycles. The number of nitrogens with zero attached hydrogens (tertiary/aromatic N) is 2. The zero-order chi connectivity index (χ0) is 12.4. The van der Waals surface area contributed by atoms with Gasteiger partial charge in [-0.3, -0.25) is 0 Å². The molecule has 0 aliphatic heterocycles. The normalized spacial score (nSPS) is 12.5. The molecule has 0 saturated heterocycles. The second-order valence-electron chi connectivity index (χ2n) is 4.08. The lowest BCUT2D eigenvalue weighted by atomic mass is 10.1. The van der Waals surface area contributed by atoms with Crippen molar-refractivity contribution in [1.82, 2.24) is 9.78 Å². The van der Waals surface area contributed by atoms with Crippen molar-refractivity contribution in [2.24, 2.45) is 5.73 Å². The van der Waals surface area contributed by atoms with Crippen molar-refractivity contribution < 1.29 is 4.74 Å². The number of ether oxygens (including phenoxy) is 1. The third-order valence-corrected chi connectivity index (χ3v) is 2.69. The summed E-state index contributed by atoms with van der Waals surface area (Å²) in [6, 6.07) is 7.71. The Labute approximate surface area is 101 Å². The first-order chi connectivity index (χ1) is 8.13. The van der Waals surface area contributed by atoms with Gasteiger partial charge >= 0.3 is 0 Å². The minimum atomic E-state index is -0.106. The van der Waals surface area contributed by atoms with Gasteiger partial charge in [-0.25, -0.2) is 4.68 Å². The maximum Gasteiger partial charge on any atom is 0.125 e. The monoisotopic (exact) mass is 231 g/mol. The van der Waals surface area contributed by atoms with Crippen molar-refractivity contribution >= 4 is 0 Å². The SMILES string of the molecule is COc1cccc(-n2ccc(C)n2)c1[C@H](C)N. The van der Waals surface area contributed by atoms with E-state index in [-0.39, 0.29) is 6.04 Å². The van der Waals surface area contributed by atoms with E-state index in [1.807, 2.05) is 49.0 Å². The summed E-state index contributed by atoms with van der Waals surface area (Å²) in [5, 5.41) is 4.40. The Morgan fingerprint density at radius 3 is 2.65 bits per heavy atom. The first kappa shape index (κ1) is 11.7. The number of nitrogens with two attached hydrogens (primary N) is 1. The summed E-state index contributed by atoms with van der Waals surface area (Å²) in [5.74, 6) is 0.797. The van der Waals surface area contributed by atoms with Crippen molar-refractivity contribution in [3.05, 3.63) is 41.7 Å². The lowest BCUT2D eigenvalue weighted by molar-refractivity contribution is 0.406. The number of aromatic nitrogens is 2. The van der Waals surface area contributed by atoms with Gasteiger partial charge < -0.3 is 10.5 Å². The number of hydrogen-bond donors (Lipinski definition) is 1. The number of hydrogen-bond acceptors (Lipinski definition) is 3. The summed E-state index contributed by atoms with van der Waals surface area (Å²) in [6.07, 6.45) is 1.93. The highest BCUT2D eigenvalue weighted by Gasteiger charge is 2.14. The molecule has 0 bridgehead atoms. The van der Waals surface area contributed by atoms with Crippen LogP contribution in [0.4, 0.5) is 0 Å². The van der Waals surface area contributed by atoms with Gasteiger partial charge in [0.25, 0.3) is 0 Å². The Morgan fingerprint density at radius 1 is 1.35 bits per heavy atom. The molecule has 2 N–H and O–H groups in total. The molecule has 4 heteroatoms. The predicted octanol–water partition coefficient (Wildman–Crippen LogP) is 2.21. The Balaban J connectivity index is 2.60. The Hall–Kier alpha value is -1.81. The van der Waals surface area contributed by atoms with Crippen molar-refractivity contribution in [2.75, 3.05) is 7.11 Å². The summed E-state index contributed by atoms with van der Waals surface area (Å²) in [7, 11) is 1.65. The van der Waals surface area contributed by atoms with Crippen LogP contribution in [0.2, 0.25) is 0 Å². The van der Waals surface area contributed by atoms with Crippen LogP contribution in [0.25, 0.3) is 5.69 Å². The third-order valence-electron chi connectivity index (χ3n) is 2.69. The summed E-state index contributed by atoms with van der Waals surface area (Å²) in [5.41, 5.74) is 8.93. The molecular formula is C13H17N3O. The highest BCUT2D eigenvalue weighted by molar-refractivity contribution is 5.51. The molecule has 2 rings (SSSR count). The molecule has 17 heavy (non-hydrogen) atoms. The van der Waals surface area contributed by atoms with Crippen molar-refractivity contribution in [3.8, 4) is 11.4 Å². The first-order valence-corrected chi connectivity index (χ1v) is 5.58. The van der Waals surface area contributed by atoms with Crippen LogP contribution in [0.5, 0.6) is 5.75 Å². The van der Waals surface area contributed by atoms with Crippen LogP contribution >= 0.6 is 0 Å². The molecule has 0 unspecified atom stereocenters. The van der Waals surface area contributed by atoms with E-state index in [4.69, 9.17) is 10.5 Å². The molecule has 0 fully saturated rings. The van der Waals surface area contributed by atoms with Crippen LogP contribution in [0.1, 0.15) is 24.2 Å². The van der Waals surface area contributed by atoms with E-state index < -0.39 is 0 Å². The Bertz CT molecular complexity index is 517. The maximum atomic E-state index is 6.01. The van der Waals surface area contributed by atoms with Gasteiger partial charge in [0, 0.05) is 17.8 Å². The number of rotatable bonds is 3. The minimum absolute atomic E-state index is 0.106. The van der Waals surface area contributed by atoms with Gasteiger partial charge in [-0.15, -0.1) is 0 Å². The Morgan fingerprint density at radius 2 is 2.12 bits per heavy atom. The highest BCUT2D eigenvalue weighted by atomic mass is 16.5. The average molecular weight is 231 g/mol. The zero-order valence-corrected chi connectivity index (χ0v) is 10.3. The summed E-state index contributed by atoms with van der Waals surface area (Å²) < 4.78 is 7.18. The lowest BCUT2D eigenvalue weighted by Crippen LogP contribution is -2.12. The number of aryl methyl sites for hydroxylation is 1.